The Hall–Kier alpha value is -2.21. The molecule has 1 amide bonds. The van der Waals surface area contributed by atoms with Gasteiger partial charge in [-0.2, -0.15) is 0 Å². The molecule has 0 saturated carbocycles. The highest BCUT2D eigenvalue weighted by molar-refractivity contribution is 5.98. The molecule has 0 aliphatic rings. The average molecular weight is 288 g/mol. The monoisotopic (exact) mass is 288 g/mol. The molecule has 0 radical (unpaired) electrons. The van der Waals surface area contributed by atoms with Crippen LogP contribution in [-0.4, -0.2) is 28.2 Å². The second-order valence-electron chi connectivity index (χ2n) is 5.38. The highest BCUT2D eigenvalue weighted by Crippen LogP contribution is 2.24. The Morgan fingerprint density at radius 3 is 2.76 bits per heavy atom. The molecule has 112 valence electrons. The first-order valence-corrected chi connectivity index (χ1v) is 6.87. The maximum atomic E-state index is 12.3. The third kappa shape index (κ3) is 3.46. The molecule has 0 aliphatic carbocycles. The zero-order chi connectivity index (χ0) is 15.5. The summed E-state index contributed by atoms with van der Waals surface area (Å²) in [6, 6.07) is 5.63. The van der Waals surface area contributed by atoms with Crippen LogP contribution in [0.2, 0.25) is 0 Å². The van der Waals surface area contributed by atoms with E-state index in [4.69, 9.17) is 4.42 Å². The summed E-state index contributed by atoms with van der Waals surface area (Å²) in [5, 5.41) is 13.6. The molecule has 1 aromatic carbocycles. The lowest BCUT2D eigenvalue weighted by molar-refractivity contribution is -0.121. The predicted octanol–water partition coefficient (Wildman–Crippen LogP) is 2.37. The van der Waals surface area contributed by atoms with Crippen molar-refractivity contribution in [3.05, 3.63) is 30.2 Å². The van der Waals surface area contributed by atoms with Crippen LogP contribution in [0.15, 0.2) is 29.0 Å². The first kappa shape index (κ1) is 15.2. The van der Waals surface area contributed by atoms with Crippen molar-refractivity contribution in [2.45, 2.75) is 33.2 Å². The van der Waals surface area contributed by atoms with Gasteiger partial charge in [0.1, 0.15) is 0 Å². The van der Waals surface area contributed by atoms with Crippen molar-refractivity contribution >= 4 is 11.6 Å². The summed E-state index contributed by atoms with van der Waals surface area (Å²) in [7, 11) is 0. The van der Waals surface area contributed by atoms with E-state index in [1.54, 1.807) is 0 Å². The summed E-state index contributed by atoms with van der Waals surface area (Å²) >= 11 is 0. The van der Waals surface area contributed by atoms with Crippen molar-refractivity contribution < 1.29 is 9.21 Å². The van der Waals surface area contributed by atoms with Crippen molar-refractivity contribution in [1.29, 1.82) is 0 Å². The van der Waals surface area contributed by atoms with Crippen molar-refractivity contribution in [3.63, 3.8) is 0 Å². The molecule has 0 fully saturated rings. The third-order valence-corrected chi connectivity index (χ3v) is 3.28. The number of hydrogen-bond acceptors (Lipinski definition) is 5. The molecular weight excluding hydrogens is 268 g/mol. The number of rotatable bonds is 5. The molecule has 0 unspecified atom stereocenters. The van der Waals surface area contributed by atoms with Crippen LogP contribution in [0.25, 0.3) is 11.5 Å². The number of nitrogens with zero attached hydrogens (tertiary/aromatic N) is 2. The topological polar surface area (TPSA) is 80.0 Å². The minimum atomic E-state index is -0.637. The minimum Gasteiger partial charge on any atom is -0.423 e. The Morgan fingerprint density at radius 1 is 1.38 bits per heavy atom. The van der Waals surface area contributed by atoms with Gasteiger partial charge in [-0.25, -0.2) is 0 Å². The summed E-state index contributed by atoms with van der Waals surface area (Å²) in [5.74, 6) is 0.339. The molecule has 0 aliphatic heterocycles. The highest BCUT2D eigenvalue weighted by Gasteiger charge is 2.26. The van der Waals surface area contributed by atoms with Gasteiger partial charge in [0.25, 0.3) is 0 Å². The van der Waals surface area contributed by atoms with E-state index in [9.17, 15) is 4.79 Å². The molecule has 21 heavy (non-hydrogen) atoms. The molecule has 2 aromatic rings. The lowest BCUT2D eigenvalue weighted by Gasteiger charge is -2.25. The number of benzene rings is 1. The van der Waals surface area contributed by atoms with Gasteiger partial charge in [0.05, 0.1) is 5.54 Å². The molecule has 1 heterocycles. The molecule has 0 saturated heterocycles. The smallest absolute Gasteiger partial charge is 0.247 e. The Bertz CT molecular complexity index is 621. The van der Waals surface area contributed by atoms with Crippen LogP contribution in [0.4, 0.5) is 5.69 Å². The summed E-state index contributed by atoms with van der Waals surface area (Å²) in [4.78, 5) is 12.3. The van der Waals surface area contributed by atoms with Crippen molar-refractivity contribution in [3.8, 4) is 11.5 Å². The number of nitrogens with one attached hydrogen (secondary N) is 2. The van der Waals surface area contributed by atoms with Gasteiger partial charge in [-0.05, 0) is 45.0 Å². The summed E-state index contributed by atoms with van der Waals surface area (Å²) in [6.07, 6.45) is 1.28. The van der Waals surface area contributed by atoms with E-state index in [-0.39, 0.29) is 5.91 Å². The molecule has 2 rings (SSSR count). The molecule has 2 N–H and O–H groups in total. The van der Waals surface area contributed by atoms with Crippen LogP contribution >= 0.6 is 0 Å². The van der Waals surface area contributed by atoms with Gasteiger partial charge in [0.15, 0.2) is 0 Å². The Balaban J connectivity index is 2.24. The fourth-order valence-corrected chi connectivity index (χ4v) is 1.99. The van der Waals surface area contributed by atoms with Gasteiger partial charge in [0, 0.05) is 11.3 Å². The molecule has 6 nitrogen and oxygen atoms in total. The zero-order valence-corrected chi connectivity index (χ0v) is 12.7. The molecule has 1 aromatic heterocycles. The van der Waals surface area contributed by atoms with Crippen molar-refractivity contribution in [2.75, 3.05) is 11.9 Å². The summed E-state index contributed by atoms with van der Waals surface area (Å²) in [5.41, 5.74) is 1.84. The Labute approximate surface area is 124 Å². The van der Waals surface area contributed by atoms with E-state index < -0.39 is 5.54 Å². The van der Waals surface area contributed by atoms with Gasteiger partial charge in [0.2, 0.25) is 18.2 Å². The first-order valence-electron chi connectivity index (χ1n) is 6.87. The number of carbonyl (C=O) groups is 1. The maximum Gasteiger partial charge on any atom is 0.247 e. The van der Waals surface area contributed by atoms with Gasteiger partial charge in [-0.1, -0.05) is 13.0 Å². The van der Waals surface area contributed by atoms with Crippen LogP contribution in [-0.2, 0) is 4.79 Å². The second-order valence-corrected chi connectivity index (χ2v) is 5.38. The lowest BCUT2D eigenvalue weighted by atomic mass is 10.0. The SMILES string of the molecule is CCNC(C)(C)C(=O)Nc1cc(-c2nnco2)ccc1C. The number of aryl methyl sites for hydroxylation is 1. The van der Waals surface area contributed by atoms with Crippen LogP contribution in [0.5, 0.6) is 0 Å². The second kappa shape index (κ2) is 6.05. The fourth-order valence-electron chi connectivity index (χ4n) is 1.99. The van der Waals surface area contributed by atoms with Crippen molar-refractivity contribution in [1.82, 2.24) is 15.5 Å². The molecule has 0 atom stereocenters. The number of amides is 1. The largest absolute Gasteiger partial charge is 0.423 e. The van der Waals surface area contributed by atoms with Crippen LogP contribution in [0, 0.1) is 6.92 Å². The van der Waals surface area contributed by atoms with Crippen LogP contribution in [0.1, 0.15) is 26.3 Å². The highest BCUT2D eigenvalue weighted by atomic mass is 16.4. The number of aromatic nitrogens is 2. The van der Waals surface area contributed by atoms with E-state index in [1.807, 2.05) is 45.9 Å². The van der Waals surface area contributed by atoms with Gasteiger partial charge in [-0.3, -0.25) is 4.79 Å². The summed E-state index contributed by atoms with van der Waals surface area (Å²) < 4.78 is 5.18. The number of hydrogen-bond donors (Lipinski definition) is 2. The van der Waals surface area contributed by atoms with Gasteiger partial charge >= 0.3 is 0 Å². The average Bonchev–Trinajstić information content (AvgIpc) is 2.95. The predicted molar refractivity (Wildman–Crippen MR) is 80.9 cm³/mol. The quantitative estimate of drug-likeness (QED) is 0.883. The third-order valence-electron chi connectivity index (χ3n) is 3.28. The Kier molecular flexibility index (Phi) is 4.37. The van der Waals surface area contributed by atoms with Gasteiger partial charge < -0.3 is 15.1 Å². The number of carbonyl (C=O) groups excluding carboxylic acids is 1. The number of likely N-dealkylation sites (N-methyl/N-ethyl adjacent to an activating group) is 1. The summed E-state index contributed by atoms with van der Waals surface area (Å²) in [6.45, 7) is 8.33. The molecule has 6 heteroatoms. The number of anilines is 1. The van der Waals surface area contributed by atoms with E-state index in [0.717, 1.165) is 23.4 Å². The standard InChI is InChI=1S/C15H20N4O2/c1-5-16-15(3,4)14(20)18-12-8-11(7-6-10(12)2)13-19-17-9-21-13/h6-9,16H,5H2,1-4H3,(H,18,20). The zero-order valence-electron chi connectivity index (χ0n) is 12.7. The van der Waals surface area contributed by atoms with Crippen LogP contribution in [0.3, 0.4) is 0 Å². The van der Waals surface area contributed by atoms with E-state index in [0.29, 0.717) is 5.89 Å². The van der Waals surface area contributed by atoms with Crippen LogP contribution < -0.4 is 10.6 Å². The first-order chi connectivity index (χ1) is 9.94. The van der Waals surface area contributed by atoms with E-state index >= 15 is 0 Å². The maximum absolute atomic E-state index is 12.3. The normalized spacial score (nSPS) is 11.4. The van der Waals surface area contributed by atoms with E-state index in [2.05, 4.69) is 20.8 Å². The fraction of sp³-hybridized carbons (Fsp3) is 0.400. The Morgan fingerprint density at radius 2 is 2.14 bits per heavy atom. The van der Waals surface area contributed by atoms with Gasteiger partial charge in [-0.15, -0.1) is 10.2 Å². The lowest BCUT2D eigenvalue weighted by Crippen LogP contribution is -2.49. The van der Waals surface area contributed by atoms with Crippen molar-refractivity contribution in [2.24, 2.45) is 0 Å². The molecular formula is C15H20N4O2. The molecule has 0 spiro atoms. The van der Waals surface area contributed by atoms with E-state index in [1.165, 1.54) is 6.39 Å². The minimum absolute atomic E-state index is 0.0878. The molecule has 0 bridgehead atoms.